The van der Waals surface area contributed by atoms with Crippen LogP contribution in [0, 0.1) is 0 Å². The maximum Gasteiger partial charge on any atom is 0.148 e. The topological polar surface area (TPSA) is 35.5 Å². The number of ether oxygens (including phenoxy) is 2. The Morgan fingerprint density at radius 2 is 2.16 bits per heavy atom. The SMILES string of the molecule is CC[C@@]1(OCc2ccccc2)CC[C@H](C=O)O[C@H]1C. The predicted octanol–water partition coefficient (Wildman–Crippen LogP) is 3.12. The molecule has 0 bridgehead atoms. The highest BCUT2D eigenvalue weighted by molar-refractivity contribution is 5.56. The van der Waals surface area contributed by atoms with Crippen molar-refractivity contribution < 1.29 is 14.3 Å². The van der Waals surface area contributed by atoms with Crippen LogP contribution < -0.4 is 0 Å². The quantitative estimate of drug-likeness (QED) is 0.765. The molecule has 0 amide bonds. The van der Waals surface area contributed by atoms with Crippen molar-refractivity contribution in [2.45, 2.75) is 57.5 Å². The monoisotopic (exact) mass is 262 g/mol. The lowest BCUT2D eigenvalue weighted by Crippen LogP contribution is -2.50. The fourth-order valence-electron chi connectivity index (χ4n) is 2.70. The fraction of sp³-hybridized carbons (Fsp3) is 0.562. The Bertz CT molecular complexity index is 404. The second kappa shape index (κ2) is 6.31. The first kappa shape index (κ1) is 14.2. The minimum atomic E-state index is -0.269. The molecule has 1 fully saturated rings. The van der Waals surface area contributed by atoms with Crippen LogP contribution in [0.4, 0.5) is 0 Å². The van der Waals surface area contributed by atoms with Gasteiger partial charge in [0.1, 0.15) is 12.4 Å². The third-order valence-corrected chi connectivity index (χ3v) is 4.09. The molecule has 19 heavy (non-hydrogen) atoms. The summed E-state index contributed by atoms with van der Waals surface area (Å²) in [7, 11) is 0. The molecule has 3 atom stereocenters. The highest BCUT2D eigenvalue weighted by Crippen LogP contribution is 2.35. The molecule has 0 aliphatic carbocycles. The van der Waals surface area contributed by atoms with E-state index in [1.165, 1.54) is 5.56 Å². The lowest BCUT2D eigenvalue weighted by atomic mass is 9.85. The minimum Gasteiger partial charge on any atom is -0.368 e. The number of carbonyl (C=O) groups excluding carboxylic acids is 1. The number of aldehydes is 1. The zero-order chi connectivity index (χ0) is 13.7. The number of benzene rings is 1. The van der Waals surface area contributed by atoms with Gasteiger partial charge in [-0.2, -0.15) is 0 Å². The van der Waals surface area contributed by atoms with Gasteiger partial charge in [0.2, 0.25) is 0 Å². The zero-order valence-electron chi connectivity index (χ0n) is 11.7. The lowest BCUT2D eigenvalue weighted by Gasteiger charge is -2.43. The molecule has 0 N–H and O–H groups in total. The van der Waals surface area contributed by atoms with Gasteiger partial charge in [0.25, 0.3) is 0 Å². The first-order valence-corrected chi connectivity index (χ1v) is 6.99. The highest BCUT2D eigenvalue weighted by atomic mass is 16.6. The van der Waals surface area contributed by atoms with Crippen LogP contribution in [0.25, 0.3) is 0 Å². The van der Waals surface area contributed by atoms with E-state index in [0.29, 0.717) is 6.61 Å². The summed E-state index contributed by atoms with van der Waals surface area (Å²) in [4.78, 5) is 10.8. The van der Waals surface area contributed by atoms with Crippen molar-refractivity contribution in [3.63, 3.8) is 0 Å². The maximum absolute atomic E-state index is 10.8. The van der Waals surface area contributed by atoms with E-state index in [-0.39, 0.29) is 17.8 Å². The summed E-state index contributed by atoms with van der Waals surface area (Å²) >= 11 is 0. The fourth-order valence-corrected chi connectivity index (χ4v) is 2.70. The van der Waals surface area contributed by atoms with Crippen LogP contribution in [0.1, 0.15) is 38.7 Å². The predicted molar refractivity (Wildman–Crippen MR) is 73.9 cm³/mol. The molecule has 104 valence electrons. The van der Waals surface area contributed by atoms with Gasteiger partial charge in [-0.3, -0.25) is 0 Å². The second-order valence-electron chi connectivity index (χ2n) is 5.18. The third-order valence-electron chi connectivity index (χ3n) is 4.09. The average molecular weight is 262 g/mol. The van der Waals surface area contributed by atoms with Gasteiger partial charge in [-0.1, -0.05) is 37.3 Å². The normalized spacial score (nSPS) is 31.1. The molecule has 0 unspecified atom stereocenters. The molecule has 2 rings (SSSR count). The summed E-state index contributed by atoms with van der Waals surface area (Å²) in [6.07, 6.45) is 3.09. The van der Waals surface area contributed by atoms with Crippen LogP contribution in [0.2, 0.25) is 0 Å². The van der Waals surface area contributed by atoms with E-state index in [9.17, 15) is 4.79 Å². The smallest absolute Gasteiger partial charge is 0.148 e. The van der Waals surface area contributed by atoms with Crippen molar-refractivity contribution >= 4 is 6.29 Å². The van der Waals surface area contributed by atoms with Crippen LogP contribution in [-0.4, -0.2) is 24.1 Å². The van der Waals surface area contributed by atoms with Crippen molar-refractivity contribution in [3.8, 4) is 0 Å². The Kier molecular flexibility index (Phi) is 4.72. The molecular weight excluding hydrogens is 240 g/mol. The van der Waals surface area contributed by atoms with Crippen molar-refractivity contribution in [3.05, 3.63) is 35.9 Å². The zero-order valence-corrected chi connectivity index (χ0v) is 11.7. The van der Waals surface area contributed by atoms with Crippen molar-refractivity contribution in [2.24, 2.45) is 0 Å². The molecule has 1 aromatic rings. The summed E-state index contributed by atoms with van der Waals surface area (Å²) in [5.41, 5.74) is 0.898. The van der Waals surface area contributed by atoms with Crippen molar-refractivity contribution in [1.29, 1.82) is 0 Å². The summed E-state index contributed by atoms with van der Waals surface area (Å²) in [5.74, 6) is 0. The minimum absolute atomic E-state index is 0.0508. The molecule has 0 aromatic heterocycles. The Balaban J connectivity index is 2.00. The van der Waals surface area contributed by atoms with E-state index in [2.05, 4.69) is 19.1 Å². The van der Waals surface area contributed by atoms with Gasteiger partial charge < -0.3 is 14.3 Å². The molecular formula is C16H22O3. The van der Waals surface area contributed by atoms with E-state index in [0.717, 1.165) is 25.5 Å². The average Bonchev–Trinajstić information content (AvgIpc) is 2.47. The first-order chi connectivity index (χ1) is 9.20. The van der Waals surface area contributed by atoms with E-state index in [4.69, 9.17) is 9.47 Å². The van der Waals surface area contributed by atoms with E-state index < -0.39 is 0 Å². The van der Waals surface area contributed by atoms with Crippen LogP contribution in [0.3, 0.4) is 0 Å². The Hall–Kier alpha value is -1.19. The summed E-state index contributed by atoms with van der Waals surface area (Å²) in [5, 5.41) is 0. The molecule has 3 nitrogen and oxygen atoms in total. The molecule has 1 aliphatic rings. The number of carbonyl (C=O) groups is 1. The largest absolute Gasteiger partial charge is 0.368 e. The van der Waals surface area contributed by atoms with E-state index in [1.54, 1.807) is 0 Å². The molecule has 0 spiro atoms. The lowest BCUT2D eigenvalue weighted by molar-refractivity contribution is -0.197. The molecule has 3 heteroatoms. The van der Waals surface area contributed by atoms with Crippen LogP contribution >= 0.6 is 0 Å². The van der Waals surface area contributed by atoms with Crippen molar-refractivity contribution in [1.82, 2.24) is 0 Å². The van der Waals surface area contributed by atoms with Gasteiger partial charge in [-0.05, 0) is 31.7 Å². The molecule has 0 saturated carbocycles. The Labute approximate surface area is 114 Å². The van der Waals surface area contributed by atoms with Crippen LogP contribution in [0.5, 0.6) is 0 Å². The van der Waals surface area contributed by atoms with E-state index in [1.807, 2.05) is 25.1 Å². The summed E-state index contributed by atoms with van der Waals surface area (Å²) in [6.45, 7) is 4.71. The number of rotatable bonds is 5. The summed E-state index contributed by atoms with van der Waals surface area (Å²) in [6, 6.07) is 10.2. The van der Waals surface area contributed by atoms with Gasteiger partial charge >= 0.3 is 0 Å². The van der Waals surface area contributed by atoms with E-state index >= 15 is 0 Å². The summed E-state index contributed by atoms with van der Waals surface area (Å²) < 4.78 is 11.9. The van der Waals surface area contributed by atoms with Crippen molar-refractivity contribution in [2.75, 3.05) is 0 Å². The molecule has 1 saturated heterocycles. The molecule has 0 radical (unpaired) electrons. The van der Waals surface area contributed by atoms with Gasteiger partial charge in [0, 0.05) is 0 Å². The van der Waals surface area contributed by atoms with Crippen LogP contribution in [-0.2, 0) is 20.9 Å². The third kappa shape index (κ3) is 3.23. The first-order valence-electron chi connectivity index (χ1n) is 6.99. The Morgan fingerprint density at radius 3 is 2.74 bits per heavy atom. The number of hydrogen-bond donors (Lipinski definition) is 0. The van der Waals surface area contributed by atoms with Gasteiger partial charge in [-0.15, -0.1) is 0 Å². The standard InChI is InChI=1S/C16H22O3/c1-3-16(10-9-15(11-17)19-13(16)2)18-12-14-7-5-4-6-8-14/h4-8,11,13,15H,3,9-10,12H2,1-2H3/t13-,15+,16+/m0/s1. The van der Waals surface area contributed by atoms with Gasteiger partial charge in [0.05, 0.1) is 18.3 Å². The number of hydrogen-bond acceptors (Lipinski definition) is 3. The van der Waals surface area contributed by atoms with Gasteiger partial charge in [0.15, 0.2) is 0 Å². The highest BCUT2D eigenvalue weighted by Gasteiger charge is 2.41. The second-order valence-corrected chi connectivity index (χ2v) is 5.18. The molecule has 1 heterocycles. The van der Waals surface area contributed by atoms with Crippen LogP contribution in [0.15, 0.2) is 30.3 Å². The Morgan fingerprint density at radius 1 is 1.42 bits per heavy atom. The molecule has 1 aliphatic heterocycles. The molecule has 1 aromatic carbocycles. The van der Waals surface area contributed by atoms with Gasteiger partial charge in [-0.25, -0.2) is 0 Å². The maximum atomic E-state index is 10.8.